The summed E-state index contributed by atoms with van der Waals surface area (Å²) in [5.74, 6) is 0.373. The molecule has 1 N–H and O–H groups in total. The molecule has 0 aliphatic heterocycles. The molecule has 0 radical (unpaired) electrons. The number of amides is 2. The molecule has 0 spiro atoms. The largest absolute Gasteiger partial charge is 0.335 e. The van der Waals surface area contributed by atoms with E-state index in [2.05, 4.69) is 12.2 Å². The molecule has 0 unspecified atom stereocenters. The van der Waals surface area contributed by atoms with Crippen LogP contribution in [0.15, 0.2) is 24.3 Å². The number of nitrogens with zero attached hydrogens (tertiary/aromatic N) is 1. The molecule has 0 bridgehead atoms. The lowest BCUT2D eigenvalue weighted by molar-refractivity contribution is 0.208. The van der Waals surface area contributed by atoms with Crippen molar-refractivity contribution in [3.63, 3.8) is 0 Å². The minimum atomic E-state index is 0.0106. The van der Waals surface area contributed by atoms with Crippen molar-refractivity contribution in [2.75, 3.05) is 13.6 Å². The van der Waals surface area contributed by atoms with Crippen LogP contribution in [0.3, 0.4) is 0 Å². The molecule has 3 nitrogen and oxygen atoms in total. The number of hydrogen-bond donors (Lipinski definition) is 1. The zero-order valence-electron chi connectivity index (χ0n) is 10.8. The molecule has 1 aliphatic carbocycles. The molecule has 0 heterocycles. The summed E-state index contributed by atoms with van der Waals surface area (Å²) >= 11 is 6.15. The fourth-order valence-electron chi connectivity index (χ4n) is 2.18. The van der Waals surface area contributed by atoms with E-state index in [4.69, 9.17) is 11.6 Å². The van der Waals surface area contributed by atoms with Gasteiger partial charge in [0.25, 0.3) is 0 Å². The SMILES string of the molecule is CCCN(C)C(=O)N[C@H]1C[C@H]1c1ccccc1Cl. The van der Waals surface area contributed by atoms with Crippen LogP contribution in [0.4, 0.5) is 4.79 Å². The van der Waals surface area contributed by atoms with Gasteiger partial charge in [0.05, 0.1) is 0 Å². The smallest absolute Gasteiger partial charge is 0.317 e. The predicted octanol–water partition coefficient (Wildman–Crippen LogP) is 3.25. The van der Waals surface area contributed by atoms with Gasteiger partial charge in [0, 0.05) is 30.6 Å². The Bertz CT molecular complexity index is 436. The molecule has 4 heteroatoms. The van der Waals surface area contributed by atoms with Crippen molar-refractivity contribution in [1.82, 2.24) is 10.2 Å². The Kier molecular flexibility index (Phi) is 4.12. The van der Waals surface area contributed by atoms with E-state index in [1.54, 1.807) is 4.90 Å². The van der Waals surface area contributed by atoms with Gasteiger partial charge in [0.15, 0.2) is 0 Å². The van der Waals surface area contributed by atoms with E-state index < -0.39 is 0 Å². The first-order chi connectivity index (χ1) is 8.63. The van der Waals surface area contributed by atoms with E-state index in [9.17, 15) is 4.79 Å². The maximum Gasteiger partial charge on any atom is 0.317 e. The van der Waals surface area contributed by atoms with E-state index in [0.717, 1.165) is 30.0 Å². The highest BCUT2D eigenvalue weighted by molar-refractivity contribution is 6.31. The number of carbonyl (C=O) groups is 1. The second kappa shape index (κ2) is 5.61. The summed E-state index contributed by atoms with van der Waals surface area (Å²) in [6.45, 7) is 2.85. The topological polar surface area (TPSA) is 32.3 Å². The van der Waals surface area contributed by atoms with Crippen LogP contribution in [0.25, 0.3) is 0 Å². The fourth-order valence-corrected chi connectivity index (χ4v) is 2.46. The quantitative estimate of drug-likeness (QED) is 0.891. The Hall–Kier alpha value is -1.22. The standard InChI is InChI=1S/C14H19ClN2O/c1-3-8-17(2)14(18)16-13-9-11(13)10-6-4-5-7-12(10)15/h4-7,11,13H,3,8-9H2,1-2H3,(H,16,18)/t11-,13-/m0/s1. The summed E-state index contributed by atoms with van der Waals surface area (Å²) in [7, 11) is 1.83. The zero-order chi connectivity index (χ0) is 13.1. The molecule has 1 aromatic rings. The van der Waals surface area contributed by atoms with Crippen molar-refractivity contribution >= 4 is 17.6 Å². The monoisotopic (exact) mass is 266 g/mol. The third-order valence-electron chi connectivity index (χ3n) is 3.31. The first-order valence-corrected chi connectivity index (χ1v) is 6.77. The minimum absolute atomic E-state index is 0.0106. The van der Waals surface area contributed by atoms with Crippen molar-refractivity contribution < 1.29 is 4.79 Å². The summed E-state index contributed by atoms with van der Waals surface area (Å²) in [4.78, 5) is 13.6. The molecule has 2 atom stereocenters. The van der Waals surface area contributed by atoms with E-state index in [-0.39, 0.29) is 12.1 Å². The first-order valence-electron chi connectivity index (χ1n) is 6.39. The highest BCUT2D eigenvalue weighted by atomic mass is 35.5. The number of hydrogen-bond acceptors (Lipinski definition) is 1. The molecule has 1 fully saturated rings. The first kappa shape index (κ1) is 13.2. The number of halogens is 1. The van der Waals surface area contributed by atoms with Crippen LogP contribution in [0.1, 0.15) is 31.2 Å². The summed E-state index contributed by atoms with van der Waals surface area (Å²) in [6.07, 6.45) is 1.96. The molecule has 98 valence electrons. The summed E-state index contributed by atoms with van der Waals surface area (Å²) in [5, 5.41) is 3.84. The van der Waals surface area contributed by atoms with Crippen molar-refractivity contribution in [3.8, 4) is 0 Å². The van der Waals surface area contributed by atoms with Crippen LogP contribution in [0, 0.1) is 0 Å². The minimum Gasteiger partial charge on any atom is -0.335 e. The van der Waals surface area contributed by atoms with Gasteiger partial charge in [-0.2, -0.15) is 0 Å². The molecule has 0 aromatic heterocycles. The van der Waals surface area contributed by atoms with Crippen LogP contribution in [-0.4, -0.2) is 30.6 Å². The predicted molar refractivity (Wildman–Crippen MR) is 74.1 cm³/mol. The number of urea groups is 1. The van der Waals surface area contributed by atoms with Gasteiger partial charge in [-0.25, -0.2) is 4.79 Å². The van der Waals surface area contributed by atoms with Crippen molar-refractivity contribution in [2.45, 2.75) is 31.7 Å². The zero-order valence-corrected chi connectivity index (χ0v) is 11.6. The van der Waals surface area contributed by atoms with Gasteiger partial charge in [-0.3, -0.25) is 0 Å². The second-order valence-corrected chi connectivity index (χ2v) is 5.25. The molecular formula is C14H19ClN2O. The second-order valence-electron chi connectivity index (χ2n) is 4.84. The molecule has 18 heavy (non-hydrogen) atoms. The lowest BCUT2D eigenvalue weighted by Crippen LogP contribution is -2.39. The lowest BCUT2D eigenvalue weighted by atomic mass is 10.1. The maximum atomic E-state index is 11.8. The number of nitrogens with one attached hydrogen (secondary N) is 1. The van der Waals surface area contributed by atoms with Gasteiger partial charge in [0.1, 0.15) is 0 Å². The van der Waals surface area contributed by atoms with Crippen molar-refractivity contribution in [1.29, 1.82) is 0 Å². The molecule has 0 saturated heterocycles. The van der Waals surface area contributed by atoms with Crippen LogP contribution in [0.2, 0.25) is 5.02 Å². The van der Waals surface area contributed by atoms with Gasteiger partial charge in [-0.05, 0) is 24.5 Å². The van der Waals surface area contributed by atoms with E-state index in [1.165, 1.54) is 0 Å². The Morgan fingerprint density at radius 2 is 2.22 bits per heavy atom. The van der Waals surface area contributed by atoms with Crippen LogP contribution in [-0.2, 0) is 0 Å². The normalized spacial score (nSPS) is 21.5. The molecule has 1 aromatic carbocycles. The molecule has 1 saturated carbocycles. The van der Waals surface area contributed by atoms with E-state index in [1.807, 2.05) is 31.3 Å². The highest BCUT2D eigenvalue weighted by Gasteiger charge is 2.40. The average molecular weight is 267 g/mol. The van der Waals surface area contributed by atoms with Gasteiger partial charge in [-0.15, -0.1) is 0 Å². The van der Waals surface area contributed by atoms with E-state index >= 15 is 0 Å². The van der Waals surface area contributed by atoms with E-state index in [0.29, 0.717) is 5.92 Å². The Morgan fingerprint density at radius 1 is 1.50 bits per heavy atom. The van der Waals surface area contributed by atoms with Crippen molar-refractivity contribution in [2.24, 2.45) is 0 Å². The molecular weight excluding hydrogens is 248 g/mol. The maximum absolute atomic E-state index is 11.8. The number of benzene rings is 1. The number of carbonyl (C=O) groups excluding carboxylic acids is 1. The summed E-state index contributed by atoms with van der Waals surface area (Å²) in [5.41, 5.74) is 1.14. The fraction of sp³-hybridized carbons (Fsp3) is 0.500. The lowest BCUT2D eigenvalue weighted by Gasteiger charge is -2.17. The highest BCUT2D eigenvalue weighted by Crippen LogP contribution is 2.43. The summed E-state index contributed by atoms with van der Waals surface area (Å²) in [6, 6.07) is 8.10. The Morgan fingerprint density at radius 3 is 2.89 bits per heavy atom. The van der Waals surface area contributed by atoms with Gasteiger partial charge >= 0.3 is 6.03 Å². The van der Waals surface area contributed by atoms with Crippen molar-refractivity contribution in [3.05, 3.63) is 34.9 Å². The van der Waals surface area contributed by atoms with Crippen LogP contribution >= 0.6 is 11.6 Å². The Balaban J connectivity index is 1.89. The van der Waals surface area contributed by atoms with Gasteiger partial charge < -0.3 is 10.2 Å². The average Bonchev–Trinajstić information content (AvgIpc) is 3.09. The molecule has 2 rings (SSSR count). The molecule has 2 amide bonds. The summed E-state index contributed by atoms with van der Waals surface area (Å²) < 4.78 is 0. The third kappa shape index (κ3) is 2.96. The van der Waals surface area contributed by atoms with Crippen LogP contribution < -0.4 is 5.32 Å². The van der Waals surface area contributed by atoms with Crippen LogP contribution in [0.5, 0.6) is 0 Å². The Labute approximate surface area is 113 Å². The van der Waals surface area contributed by atoms with Gasteiger partial charge in [-0.1, -0.05) is 36.7 Å². The number of rotatable bonds is 4. The third-order valence-corrected chi connectivity index (χ3v) is 3.65. The van der Waals surface area contributed by atoms with Gasteiger partial charge in [0.2, 0.25) is 0 Å². The molecule has 1 aliphatic rings.